The van der Waals surface area contributed by atoms with E-state index >= 15 is 0 Å². The minimum Gasteiger partial charge on any atom is -0.486 e. The maximum atomic E-state index is 13.3. The minimum atomic E-state index is -1.07. The highest BCUT2D eigenvalue weighted by Gasteiger charge is 2.36. The number of amides is 2. The predicted octanol–water partition coefficient (Wildman–Crippen LogP) is 2.45. The van der Waals surface area contributed by atoms with Crippen LogP contribution in [0.4, 0.5) is 14.5 Å². The standard InChI is InChI=1S/C19H16F2N2O4/c20-14-3-1-11(7-15(14)21)19(25)23-9-12(10-23)18(24)22-13-2-4-16-17(8-13)27-6-5-26-16/h1-4,7-8,12H,5-6,9-10H2,(H,22,24). The smallest absolute Gasteiger partial charge is 0.254 e. The van der Waals surface area contributed by atoms with Crippen molar-refractivity contribution in [3.63, 3.8) is 0 Å². The van der Waals surface area contributed by atoms with E-state index in [1.807, 2.05) is 0 Å². The van der Waals surface area contributed by atoms with Crippen LogP contribution in [0.1, 0.15) is 10.4 Å². The highest BCUT2D eigenvalue weighted by Crippen LogP contribution is 2.33. The van der Waals surface area contributed by atoms with Crippen LogP contribution in [0.25, 0.3) is 0 Å². The van der Waals surface area contributed by atoms with Crippen molar-refractivity contribution in [2.75, 3.05) is 31.6 Å². The van der Waals surface area contributed by atoms with E-state index in [4.69, 9.17) is 9.47 Å². The number of nitrogens with zero attached hydrogens (tertiary/aromatic N) is 1. The largest absolute Gasteiger partial charge is 0.486 e. The van der Waals surface area contributed by atoms with Crippen LogP contribution in [0.5, 0.6) is 11.5 Å². The lowest BCUT2D eigenvalue weighted by molar-refractivity contribution is -0.123. The first-order chi connectivity index (χ1) is 13.0. The van der Waals surface area contributed by atoms with Gasteiger partial charge in [0.1, 0.15) is 13.2 Å². The van der Waals surface area contributed by atoms with Crippen LogP contribution < -0.4 is 14.8 Å². The molecule has 0 atom stereocenters. The van der Waals surface area contributed by atoms with E-state index in [1.54, 1.807) is 18.2 Å². The Hall–Kier alpha value is -3.16. The van der Waals surface area contributed by atoms with Crippen molar-refractivity contribution < 1.29 is 27.8 Å². The summed E-state index contributed by atoms with van der Waals surface area (Å²) in [4.78, 5) is 26.0. The fraction of sp³-hybridized carbons (Fsp3) is 0.263. The highest BCUT2D eigenvalue weighted by atomic mass is 19.2. The highest BCUT2D eigenvalue weighted by molar-refractivity contribution is 5.98. The van der Waals surface area contributed by atoms with Gasteiger partial charge in [0, 0.05) is 30.4 Å². The summed E-state index contributed by atoms with van der Waals surface area (Å²) in [5.74, 6) is -1.90. The Balaban J connectivity index is 1.34. The normalized spacial score (nSPS) is 15.9. The van der Waals surface area contributed by atoms with Gasteiger partial charge in [-0.1, -0.05) is 0 Å². The number of likely N-dealkylation sites (tertiary alicyclic amines) is 1. The number of nitrogens with one attached hydrogen (secondary N) is 1. The molecule has 2 aliphatic heterocycles. The van der Waals surface area contributed by atoms with Crippen molar-refractivity contribution in [3.8, 4) is 11.5 Å². The number of hydrogen-bond donors (Lipinski definition) is 1. The van der Waals surface area contributed by atoms with E-state index in [0.717, 1.165) is 12.1 Å². The first-order valence-corrected chi connectivity index (χ1v) is 8.46. The Morgan fingerprint density at radius 2 is 1.70 bits per heavy atom. The van der Waals surface area contributed by atoms with E-state index in [9.17, 15) is 18.4 Å². The Bertz CT molecular complexity index is 913. The molecule has 2 aliphatic rings. The number of carbonyl (C=O) groups excluding carboxylic acids is 2. The molecule has 2 heterocycles. The van der Waals surface area contributed by atoms with Gasteiger partial charge in [-0.2, -0.15) is 0 Å². The number of anilines is 1. The number of benzene rings is 2. The molecule has 1 N–H and O–H groups in total. The van der Waals surface area contributed by atoms with Gasteiger partial charge in [0.25, 0.3) is 5.91 Å². The molecule has 140 valence electrons. The molecule has 0 bridgehead atoms. The Morgan fingerprint density at radius 1 is 0.963 bits per heavy atom. The first-order valence-electron chi connectivity index (χ1n) is 8.46. The van der Waals surface area contributed by atoms with E-state index in [1.165, 1.54) is 11.0 Å². The Morgan fingerprint density at radius 3 is 2.44 bits per heavy atom. The van der Waals surface area contributed by atoms with E-state index in [0.29, 0.717) is 30.4 Å². The molecule has 27 heavy (non-hydrogen) atoms. The summed E-state index contributed by atoms with van der Waals surface area (Å²) in [5, 5.41) is 2.79. The van der Waals surface area contributed by atoms with Crippen LogP contribution in [-0.2, 0) is 4.79 Å². The number of rotatable bonds is 3. The number of carbonyl (C=O) groups is 2. The maximum Gasteiger partial charge on any atom is 0.254 e. The topological polar surface area (TPSA) is 67.9 Å². The summed E-state index contributed by atoms with van der Waals surface area (Å²) in [6.45, 7) is 1.37. The number of fused-ring (bicyclic) bond motifs is 1. The van der Waals surface area contributed by atoms with Crippen molar-refractivity contribution in [3.05, 3.63) is 53.6 Å². The summed E-state index contributed by atoms with van der Waals surface area (Å²) in [7, 11) is 0. The molecular weight excluding hydrogens is 358 g/mol. The molecule has 4 rings (SSSR count). The minimum absolute atomic E-state index is 0.0552. The van der Waals surface area contributed by atoms with Crippen LogP contribution in [-0.4, -0.2) is 43.0 Å². The zero-order valence-electron chi connectivity index (χ0n) is 14.2. The molecule has 0 radical (unpaired) electrons. The van der Waals surface area contributed by atoms with Gasteiger partial charge < -0.3 is 19.7 Å². The molecule has 1 saturated heterocycles. The summed E-state index contributed by atoms with van der Waals surface area (Å²) >= 11 is 0. The van der Waals surface area contributed by atoms with E-state index in [2.05, 4.69) is 5.32 Å². The second-order valence-corrected chi connectivity index (χ2v) is 6.38. The van der Waals surface area contributed by atoms with Gasteiger partial charge in [0.2, 0.25) is 5.91 Å². The zero-order chi connectivity index (χ0) is 19.0. The van der Waals surface area contributed by atoms with Crippen LogP contribution >= 0.6 is 0 Å². The van der Waals surface area contributed by atoms with Gasteiger partial charge in [-0.15, -0.1) is 0 Å². The quantitative estimate of drug-likeness (QED) is 0.896. The molecule has 0 aliphatic carbocycles. The average molecular weight is 374 g/mol. The van der Waals surface area contributed by atoms with Crippen LogP contribution in [0.15, 0.2) is 36.4 Å². The lowest BCUT2D eigenvalue weighted by atomic mass is 9.97. The van der Waals surface area contributed by atoms with E-state index in [-0.39, 0.29) is 30.5 Å². The van der Waals surface area contributed by atoms with Crippen LogP contribution in [0.3, 0.4) is 0 Å². The van der Waals surface area contributed by atoms with Gasteiger partial charge in [-0.3, -0.25) is 9.59 Å². The number of ether oxygens (including phenoxy) is 2. The van der Waals surface area contributed by atoms with Crippen molar-refractivity contribution >= 4 is 17.5 Å². The molecule has 2 aromatic carbocycles. The Labute approximate surface area is 153 Å². The molecular formula is C19H16F2N2O4. The van der Waals surface area contributed by atoms with Crippen LogP contribution in [0, 0.1) is 17.6 Å². The fourth-order valence-electron chi connectivity index (χ4n) is 2.99. The third-order valence-electron chi connectivity index (χ3n) is 4.52. The lowest BCUT2D eigenvalue weighted by Gasteiger charge is -2.38. The third-order valence-corrected chi connectivity index (χ3v) is 4.52. The SMILES string of the molecule is O=C(Nc1ccc2c(c1)OCCO2)C1CN(C(=O)c2ccc(F)c(F)c2)C1. The maximum absolute atomic E-state index is 13.3. The first kappa shape index (κ1) is 17.3. The average Bonchev–Trinajstić information content (AvgIpc) is 2.62. The van der Waals surface area contributed by atoms with Crippen molar-refractivity contribution in [1.82, 2.24) is 4.90 Å². The molecule has 6 nitrogen and oxygen atoms in total. The van der Waals surface area contributed by atoms with Crippen molar-refractivity contribution in [2.45, 2.75) is 0 Å². The molecule has 0 aromatic heterocycles. The molecule has 0 spiro atoms. The molecule has 0 saturated carbocycles. The molecule has 8 heteroatoms. The summed E-state index contributed by atoms with van der Waals surface area (Å²) in [6, 6.07) is 8.13. The van der Waals surface area contributed by atoms with Crippen LogP contribution in [0.2, 0.25) is 0 Å². The fourth-order valence-corrected chi connectivity index (χ4v) is 2.99. The van der Waals surface area contributed by atoms with Gasteiger partial charge in [0.05, 0.1) is 5.92 Å². The van der Waals surface area contributed by atoms with Gasteiger partial charge in [-0.05, 0) is 30.3 Å². The Kier molecular flexibility index (Phi) is 4.39. The molecule has 0 unspecified atom stereocenters. The monoisotopic (exact) mass is 374 g/mol. The van der Waals surface area contributed by atoms with E-state index < -0.39 is 17.5 Å². The second-order valence-electron chi connectivity index (χ2n) is 6.38. The van der Waals surface area contributed by atoms with Gasteiger partial charge >= 0.3 is 0 Å². The molecule has 1 fully saturated rings. The molecule has 2 amide bonds. The number of hydrogen-bond acceptors (Lipinski definition) is 4. The van der Waals surface area contributed by atoms with Crippen molar-refractivity contribution in [1.29, 1.82) is 0 Å². The van der Waals surface area contributed by atoms with Gasteiger partial charge in [0.15, 0.2) is 23.1 Å². The van der Waals surface area contributed by atoms with Crippen molar-refractivity contribution in [2.24, 2.45) is 5.92 Å². The number of halogens is 2. The third kappa shape index (κ3) is 3.42. The predicted molar refractivity (Wildman–Crippen MR) is 91.8 cm³/mol. The molecule has 2 aromatic rings. The summed E-state index contributed by atoms with van der Waals surface area (Å²) in [6.07, 6.45) is 0. The second kappa shape index (κ2) is 6.86. The van der Waals surface area contributed by atoms with Gasteiger partial charge in [-0.25, -0.2) is 8.78 Å². The summed E-state index contributed by atoms with van der Waals surface area (Å²) < 4.78 is 37.1. The summed E-state index contributed by atoms with van der Waals surface area (Å²) in [5.41, 5.74) is 0.634. The lowest BCUT2D eigenvalue weighted by Crippen LogP contribution is -2.54. The zero-order valence-corrected chi connectivity index (χ0v) is 14.2.